The van der Waals surface area contributed by atoms with E-state index in [0.29, 0.717) is 30.6 Å². The number of anilines is 1. The third kappa shape index (κ3) is 2.37. The SMILES string of the molecule is CCc1nc(N2CCc3c(F)ccc(F)c3C2)c2ccsc2n1. The van der Waals surface area contributed by atoms with Crippen molar-refractivity contribution in [2.45, 2.75) is 26.3 Å². The second-order valence-corrected chi connectivity index (χ2v) is 6.51. The minimum absolute atomic E-state index is 0.321. The molecule has 0 spiro atoms. The Labute approximate surface area is 136 Å². The molecule has 0 atom stereocenters. The maximum atomic E-state index is 14.1. The minimum Gasteiger partial charge on any atom is -0.351 e. The van der Waals surface area contributed by atoms with Crippen LogP contribution >= 0.6 is 11.3 Å². The normalized spacial score (nSPS) is 14.3. The molecule has 0 saturated carbocycles. The largest absolute Gasteiger partial charge is 0.351 e. The van der Waals surface area contributed by atoms with Crippen molar-refractivity contribution >= 4 is 27.4 Å². The lowest BCUT2D eigenvalue weighted by molar-refractivity contribution is 0.548. The van der Waals surface area contributed by atoms with Gasteiger partial charge < -0.3 is 4.90 Å². The maximum absolute atomic E-state index is 14.1. The second-order valence-electron chi connectivity index (χ2n) is 5.61. The molecule has 6 heteroatoms. The molecule has 0 radical (unpaired) electrons. The Kier molecular flexibility index (Phi) is 3.49. The molecule has 1 aromatic carbocycles. The van der Waals surface area contributed by atoms with E-state index in [4.69, 9.17) is 0 Å². The van der Waals surface area contributed by atoms with Crippen LogP contribution in [-0.2, 0) is 19.4 Å². The summed E-state index contributed by atoms with van der Waals surface area (Å²) in [7, 11) is 0. The monoisotopic (exact) mass is 331 g/mol. The molecule has 3 aromatic rings. The van der Waals surface area contributed by atoms with Crippen LogP contribution in [0.15, 0.2) is 23.6 Å². The lowest BCUT2D eigenvalue weighted by Gasteiger charge is -2.30. The average Bonchev–Trinajstić information content (AvgIpc) is 3.05. The Bertz CT molecular complexity index is 891. The van der Waals surface area contributed by atoms with E-state index in [9.17, 15) is 8.78 Å². The Morgan fingerprint density at radius 3 is 2.70 bits per heavy atom. The molecule has 1 aliphatic rings. The third-order valence-electron chi connectivity index (χ3n) is 4.26. The minimum atomic E-state index is -0.350. The highest BCUT2D eigenvalue weighted by Gasteiger charge is 2.25. The van der Waals surface area contributed by atoms with Crippen LogP contribution in [0.1, 0.15) is 23.9 Å². The van der Waals surface area contributed by atoms with Gasteiger partial charge in [0.25, 0.3) is 0 Å². The quantitative estimate of drug-likeness (QED) is 0.708. The van der Waals surface area contributed by atoms with Gasteiger partial charge in [0.15, 0.2) is 0 Å². The van der Waals surface area contributed by atoms with Crippen LogP contribution in [0.3, 0.4) is 0 Å². The maximum Gasteiger partial charge on any atom is 0.141 e. The number of thiophene rings is 1. The fraction of sp³-hybridized carbons (Fsp3) is 0.294. The molecular formula is C17H15F2N3S. The Morgan fingerprint density at radius 1 is 1.13 bits per heavy atom. The van der Waals surface area contributed by atoms with E-state index in [-0.39, 0.29) is 11.6 Å². The van der Waals surface area contributed by atoms with Gasteiger partial charge in [-0.25, -0.2) is 18.7 Å². The zero-order chi connectivity index (χ0) is 16.0. The van der Waals surface area contributed by atoms with Crippen molar-refractivity contribution in [3.8, 4) is 0 Å². The molecule has 4 rings (SSSR count). The molecule has 2 aromatic heterocycles. The van der Waals surface area contributed by atoms with Gasteiger partial charge in [0.1, 0.15) is 28.1 Å². The Morgan fingerprint density at radius 2 is 1.91 bits per heavy atom. The number of halogens is 2. The van der Waals surface area contributed by atoms with Gasteiger partial charge in [-0.05, 0) is 35.6 Å². The van der Waals surface area contributed by atoms with Crippen LogP contribution in [0, 0.1) is 11.6 Å². The average molecular weight is 331 g/mol. The van der Waals surface area contributed by atoms with Crippen LogP contribution in [0.25, 0.3) is 10.2 Å². The van der Waals surface area contributed by atoms with Gasteiger partial charge in [0, 0.05) is 25.1 Å². The first-order chi connectivity index (χ1) is 11.2. The van der Waals surface area contributed by atoms with E-state index in [0.717, 1.165) is 28.3 Å². The van der Waals surface area contributed by atoms with Gasteiger partial charge in [-0.1, -0.05) is 6.92 Å². The molecule has 118 valence electrons. The molecule has 0 fully saturated rings. The number of fused-ring (bicyclic) bond motifs is 2. The fourth-order valence-electron chi connectivity index (χ4n) is 3.06. The first-order valence-corrected chi connectivity index (χ1v) is 8.50. The summed E-state index contributed by atoms with van der Waals surface area (Å²) in [4.78, 5) is 12.1. The van der Waals surface area contributed by atoms with Crippen molar-refractivity contribution in [2.24, 2.45) is 0 Å². The summed E-state index contributed by atoms with van der Waals surface area (Å²) in [5.74, 6) is 0.930. The van der Waals surface area contributed by atoms with E-state index in [1.54, 1.807) is 11.3 Å². The zero-order valence-electron chi connectivity index (χ0n) is 12.6. The van der Waals surface area contributed by atoms with Crippen molar-refractivity contribution in [1.82, 2.24) is 9.97 Å². The highest BCUT2D eigenvalue weighted by atomic mass is 32.1. The van der Waals surface area contributed by atoms with Gasteiger partial charge in [0.05, 0.1) is 5.39 Å². The summed E-state index contributed by atoms with van der Waals surface area (Å²) in [6.07, 6.45) is 1.23. The van der Waals surface area contributed by atoms with Crippen LogP contribution in [0.4, 0.5) is 14.6 Å². The van der Waals surface area contributed by atoms with Crippen LogP contribution in [-0.4, -0.2) is 16.5 Å². The van der Waals surface area contributed by atoms with Gasteiger partial charge in [-0.3, -0.25) is 0 Å². The van der Waals surface area contributed by atoms with E-state index < -0.39 is 0 Å². The smallest absolute Gasteiger partial charge is 0.141 e. The van der Waals surface area contributed by atoms with Gasteiger partial charge in [-0.15, -0.1) is 11.3 Å². The van der Waals surface area contributed by atoms with E-state index >= 15 is 0 Å². The Hall–Kier alpha value is -2.08. The molecular weight excluding hydrogens is 316 g/mol. The molecule has 0 saturated heterocycles. The number of hydrogen-bond donors (Lipinski definition) is 0. The molecule has 0 unspecified atom stereocenters. The van der Waals surface area contributed by atoms with Crippen molar-refractivity contribution in [3.63, 3.8) is 0 Å². The molecule has 0 aliphatic carbocycles. The summed E-state index contributed by atoms with van der Waals surface area (Å²) in [6.45, 7) is 2.97. The number of benzene rings is 1. The molecule has 3 nitrogen and oxygen atoms in total. The molecule has 0 amide bonds. The van der Waals surface area contributed by atoms with Crippen LogP contribution in [0.2, 0.25) is 0 Å². The summed E-state index contributed by atoms with van der Waals surface area (Å²) in [5, 5.41) is 2.97. The summed E-state index contributed by atoms with van der Waals surface area (Å²) >= 11 is 1.57. The second kappa shape index (κ2) is 5.53. The first kappa shape index (κ1) is 14.5. The lowest BCUT2D eigenvalue weighted by atomic mass is 9.98. The standard InChI is InChI=1S/C17H15F2N3S/c1-2-15-20-16(11-6-8-23-17(11)21-15)22-7-5-10-12(9-22)14(19)4-3-13(10)18/h3-4,6,8H,2,5,7,9H2,1H3. The van der Waals surface area contributed by atoms with Crippen molar-refractivity contribution in [1.29, 1.82) is 0 Å². The molecule has 23 heavy (non-hydrogen) atoms. The summed E-state index contributed by atoms with van der Waals surface area (Å²) in [5.41, 5.74) is 0.934. The predicted octanol–water partition coefficient (Wildman–Crippen LogP) is 4.09. The molecule has 0 N–H and O–H groups in total. The zero-order valence-corrected chi connectivity index (χ0v) is 13.5. The van der Waals surface area contributed by atoms with Gasteiger partial charge >= 0.3 is 0 Å². The van der Waals surface area contributed by atoms with Crippen molar-refractivity contribution < 1.29 is 8.78 Å². The molecule has 3 heterocycles. The number of aryl methyl sites for hydroxylation is 1. The topological polar surface area (TPSA) is 29.0 Å². The summed E-state index contributed by atoms with van der Waals surface area (Å²) in [6, 6.07) is 4.41. The van der Waals surface area contributed by atoms with E-state index in [2.05, 4.69) is 9.97 Å². The van der Waals surface area contributed by atoms with E-state index in [1.165, 1.54) is 12.1 Å². The lowest BCUT2D eigenvalue weighted by Crippen LogP contribution is -2.32. The first-order valence-electron chi connectivity index (χ1n) is 7.62. The third-order valence-corrected chi connectivity index (χ3v) is 5.07. The number of hydrogen-bond acceptors (Lipinski definition) is 4. The number of aromatic nitrogens is 2. The van der Waals surface area contributed by atoms with Crippen molar-refractivity contribution in [3.05, 3.63) is 52.2 Å². The van der Waals surface area contributed by atoms with Crippen LogP contribution in [0.5, 0.6) is 0 Å². The summed E-state index contributed by atoms with van der Waals surface area (Å²) < 4.78 is 28.0. The number of rotatable bonds is 2. The highest BCUT2D eigenvalue weighted by Crippen LogP contribution is 2.32. The van der Waals surface area contributed by atoms with Crippen LogP contribution < -0.4 is 4.90 Å². The fourth-order valence-corrected chi connectivity index (χ4v) is 3.83. The highest BCUT2D eigenvalue weighted by molar-refractivity contribution is 7.16. The Balaban J connectivity index is 1.81. The van der Waals surface area contributed by atoms with Gasteiger partial charge in [0.2, 0.25) is 0 Å². The van der Waals surface area contributed by atoms with E-state index in [1.807, 2.05) is 23.3 Å². The molecule has 1 aliphatic heterocycles. The number of nitrogens with zero attached hydrogens (tertiary/aromatic N) is 3. The van der Waals surface area contributed by atoms with Crippen molar-refractivity contribution in [2.75, 3.05) is 11.4 Å². The predicted molar refractivity (Wildman–Crippen MR) is 87.9 cm³/mol. The molecule has 0 bridgehead atoms. The van der Waals surface area contributed by atoms with Gasteiger partial charge in [-0.2, -0.15) is 0 Å².